The van der Waals surface area contributed by atoms with E-state index in [9.17, 15) is 4.79 Å². The number of carboxylic acids is 1. The van der Waals surface area contributed by atoms with Crippen molar-refractivity contribution in [2.24, 2.45) is 0 Å². The maximum Gasteiger partial charge on any atom is 0.336 e. The number of hydrogen-bond acceptors (Lipinski definition) is 2. The Morgan fingerprint density at radius 1 is 1.50 bits per heavy atom. The molecule has 2 N–H and O–H groups in total. The Morgan fingerprint density at radius 3 is 3.00 bits per heavy atom. The minimum atomic E-state index is -0.825. The molecule has 3 nitrogen and oxygen atoms in total. The van der Waals surface area contributed by atoms with Crippen molar-refractivity contribution in [3.8, 4) is 0 Å². The molecular weight excluding hydrogens is 178 g/mol. The Hall–Kier alpha value is -1.35. The molecule has 1 aliphatic rings. The summed E-state index contributed by atoms with van der Waals surface area (Å²) >= 11 is 0. The van der Waals surface area contributed by atoms with E-state index in [4.69, 9.17) is 5.11 Å². The summed E-state index contributed by atoms with van der Waals surface area (Å²) in [6, 6.07) is 3.83. The quantitative estimate of drug-likeness (QED) is 0.704. The van der Waals surface area contributed by atoms with Gasteiger partial charge in [0.15, 0.2) is 0 Å². The Kier molecular flexibility index (Phi) is 2.25. The van der Waals surface area contributed by atoms with Crippen LogP contribution in [0.3, 0.4) is 0 Å². The Balaban J connectivity index is 2.58. The van der Waals surface area contributed by atoms with Crippen molar-refractivity contribution in [3.05, 3.63) is 34.4 Å². The molecule has 1 aromatic rings. The molecule has 3 heteroatoms. The van der Waals surface area contributed by atoms with Gasteiger partial charge in [-0.2, -0.15) is 0 Å². The van der Waals surface area contributed by atoms with Crippen molar-refractivity contribution in [3.63, 3.8) is 0 Å². The highest BCUT2D eigenvalue weighted by molar-refractivity contribution is 5.90. The third-order valence-electron chi connectivity index (χ3n) is 2.59. The Labute approximate surface area is 82.8 Å². The molecule has 1 aliphatic heterocycles. The van der Waals surface area contributed by atoms with Crippen LogP contribution in [-0.2, 0) is 13.0 Å². The number of benzene rings is 1. The molecule has 1 aromatic carbocycles. The molecule has 0 fully saturated rings. The lowest BCUT2D eigenvalue weighted by Crippen LogP contribution is -2.25. The van der Waals surface area contributed by atoms with E-state index in [1.165, 1.54) is 5.56 Å². The first-order valence-electron chi connectivity index (χ1n) is 4.75. The van der Waals surface area contributed by atoms with E-state index in [1.54, 1.807) is 6.07 Å². The lowest BCUT2D eigenvalue weighted by atomic mass is 9.94. The Bertz CT molecular complexity index is 385. The van der Waals surface area contributed by atoms with Gasteiger partial charge in [-0.1, -0.05) is 6.07 Å². The first-order valence-corrected chi connectivity index (χ1v) is 4.75. The zero-order valence-corrected chi connectivity index (χ0v) is 8.13. The van der Waals surface area contributed by atoms with Gasteiger partial charge in [0.05, 0.1) is 5.56 Å². The third kappa shape index (κ3) is 1.51. The molecule has 0 saturated heterocycles. The summed E-state index contributed by atoms with van der Waals surface area (Å²) in [7, 11) is 0. The minimum Gasteiger partial charge on any atom is -0.478 e. The van der Waals surface area contributed by atoms with Gasteiger partial charge >= 0.3 is 5.97 Å². The molecule has 14 heavy (non-hydrogen) atoms. The summed E-state index contributed by atoms with van der Waals surface area (Å²) in [6.07, 6.45) is 0.928. The average molecular weight is 191 g/mol. The van der Waals surface area contributed by atoms with Crippen LogP contribution in [0.2, 0.25) is 0 Å². The van der Waals surface area contributed by atoms with Crippen LogP contribution in [-0.4, -0.2) is 17.6 Å². The predicted molar refractivity (Wildman–Crippen MR) is 53.5 cm³/mol. The van der Waals surface area contributed by atoms with Crippen molar-refractivity contribution < 1.29 is 9.90 Å². The van der Waals surface area contributed by atoms with Crippen LogP contribution in [0.1, 0.15) is 27.0 Å². The van der Waals surface area contributed by atoms with Crippen LogP contribution in [0.25, 0.3) is 0 Å². The summed E-state index contributed by atoms with van der Waals surface area (Å²) in [6.45, 7) is 3.56. The maximum absolute atomic E-state index is 11.0. The van der Waals surface area contributed by atoms with Crippen LogP contribution in [0, 0.1) is 6.92 Å². The average Bonchev–Trinajstić information content (AvgIpc) is 2.16. The molecule has 0 radical (unpaired) electrons. The number of aryl methyl sites for hydroxylation is 1. The predicted octanol–water partition coefficient (Wildman–Crippen LogP) is 1.34. The first-order chi connectivity index (χ1) is 6.68. The van der Waals surface area contributed by atoms with Crippen LogP contribution < -0.4 is 5.32 Å². The van der Waals surface area contributed by atoms with Gasteiger partial charge in [0.1, 0.15) is 0 Å². The monoisotopic (exact) mass is 191 g/mol. The standard InChI is InChI=1S/C11H13NO2/c1-7-4-8-2-3-12-6-10(8)9(5-7)11(13)14/h4-5,12H,2-3,6H2,1H3,(H,13,14). The molecule has 2 rings (SSSR count). The highest BCUT2D eigenvalue weighted by Gasteiger charge is 2.17. The number of carbonyl (C=O) groups is 1. The van der Waals surface area contributed by atoms with Gasteiger partial charge in [0, 0.05) is 6.54 Å². The van der Waals surface area contributed by atoms with Crippen LogP contribution in [0.15, 0.2) is 12.1 Å². The van der Waals surface area contributed by atoms with E-state index in [1.807, 2.05) is 6.92 Å². The fraction of sp³-hybridized carbons (Fsp3) is 0.364. The minimum absolute atomic E-state index is 0.451. The van der Waals surface area contributed by atoms with E-state index in [-0.39, 0.29) is 0 Å². The zero-order valence-electron chi connectivity index (χ0n) is 8.13. The second-order valence-corrected chi connectivity index (χ2v) is 3.68. The SMILES string of the molecule is Cc1cc2c(c(C(=O)O)c1)CNCC2. The van der Waals surface area contributed by atoms with Crippen molar-refractivity contribution in [2.45, 2.75) is 19.9 Å². The summed E-state index contributed by atoms with van der Waals surface area (Å²) in [5.41, 5.74) is 3.62. The second-order valence-electron chi connectivity index (χ2n) is 3.68. The van der Waals surface area contributed by atoms with Gasteiger partial charge in [0.25, 0.3) is 0 Å². The molecule has 74 valence electrons. The molecule has 0 aromatic heterocycles. The molecule has 0 amide bonds. The lowest BCUT2D eigenvalue weighted by Gasteiger charge is -2.19. The van der Waals surface area contributed by atoms with E-state index in [0.717, 1.165) is 24.1 Å². The molecule has 0 unspecified atom stereocenters. The summed E-state index contributed by atoms with van der Waals surface area (Å²) in [5.74, 6) is -0.825. The number of hydrogen-bond donors (Lipinski definition) is 2. The first kappa shape index (κ1) is 9.21. The van der Waals surface area contributed by atoms with E-state index >= 15 is 0 Å². The molecule has 0 saturated carbocycles. The number of aromatic carboxylic acids is 1. The van der Waals surface area contributed by atoms with Gasteiger partial charge in [-0.15, -0.1) is 0 Å². The van der Waals surface area contributed by atoms with Crippen molar-refractivity contribution in [2.75, 3.05) is 6.54 Å². The van der Waals surface area contributed by atoms with Gasteiger partial charge in [-0.3, -0.25) is 0 Å². The van der Waals surface area contributed by atoms with E-state index in [0.29, 0.717) is 12.1 Å². The van der Waals surface area contributed by atoms with Crippen molar-refractivity contribution in [1.82, 2.24) is 5.32 Å². The van der Waals surface area contributed by atoms with Gasteiger partial charge < -0.3 is 10.4 Å². The fourth-order valence-corrected chi connectivity index (χ4v) is 1.95. The fourth-order valence-electron chi connectivity index (χ4n) is 1.95. The maximum atomic E-state index is 11.0. The largest absolute Gasteiger partial charge is 0.478 e. The van der Waals surface area contributed by atoms with Crippen LogP contribution in [0.4, 0.5) is 0 Å². The van der Waals surface area contributed by atoms with Crippen LogP contribution in [0.5, 0.6) is 0 Å². The summed E-state index contributed by atoms with van der Waals surface area (Å²) in [4.78, 5) is 11.0. The molecule has 0 spiro atoms. The van der Waals surface area contributed by atoms with E-state index in [2.05, 4.69) is 11.4 Å². The molecule has 0 aliphatic carbocycles. The number of carboxylic acid groups (broad SMARTS) is 1. The number of rotatable bonds is 1. The molecular formula is C11H13NO2. The highest BCUT2D eigenvalue weighted by Crippen LogP contribution is 2.20. The van der Waals surface area contributed by atoms with Gasteiger partial charge in [-0.25, -0.2) is 4.79 Å². The van der Waals surface area contributed by atoms with Crippen LogP contribution >= 0.6 is 0 Å². The number of fused-ring (bicyclic) bond motifs is 1. The highest BCUT2D eigenvalue weighted by atomic mass is 16.4. The van der Waals surface area contributed by atoms with Crippen molar-refractivity contribution >= 4 is 5.97 Å². The van der Waals surface area contributed by atoms with Crippen molar-refractivity contribution in [1.29, 1.82) is 0 Å². The lowest BCUT2D eigenvalue weighted by molar-refractivity contribution is 0.0695. The molecule has 0 atom stereocenters. The third-order valence-corrected chi connectivity index (χ3v) is 2.59. The summed E-state index contributed by atoms with van der Waals surface area (Å²) in [5, 5.41) is 12.2. The smallest absolute Gasteiger partial charge is 0.336 e. The normalized spacial score (nSPS) is 14.9. The molecule has 0 bridgehead atoms. The molecule has 1 heterocycles. The van der Waals surface area contributed by atoms with E-state index < -0.39 is 5.97 Å². The topological polar surface area (TPSA) is 49.3 Å². The second kappa shape index (κ2) is 3.42. The summed E-state index contributed by atoms with van der Waals surface area (Å²) < 4.78 is 0. The van der Waals surface area contributed by atoms with Gasteiger partial charge in [0.2, 0.25) is 0 Å². The number of nitrogens with one attached hydrogen (secondary N) is 1. The van der Waals surface area contributed by atoms with Gasteiger partial charge in [-0.05, 0) is 42.6 Å². The zero-order chi connectivity index (χ0) is 10.1. The Morgan fingerprint density at radius 2 is 2.29 bits per heavy atom.